The highest BCUT2D eigenvalue weighted by Crippen LogP contribution is 2.48. The average Bonchev–Trinajstić information content (AvgIpc) is 3.28. The number of hydrogen-bond donors (Lipinski definition) is 1. The Morgan fingerprint density at radius 1 is 1.19 bits per heavy atom. The lowest BCUT2D eigenvalue weighted by atomic mass is 9.72. The highest BCUT2D eigenvalue weighted by molar-refractivity contribution is 5.94. The maximum Gasteiger partial charge on any atom is 0.354 e. The number of benzene rings is 1. The number of para-hydroxylation sites is 1. The van der Waals surface area contributed by atoms with Gasteiger partial charge in [0.15, 0.2) is 11.3 Å². The van der Waals surface area contributed by atoms with Crippen LogP contribution in [0, 0.1) is 0 Å². The standard InChI is InChI=1S/C25H28N4O3/c1-28-12-6-11-25(28)14-18(15-25)32-20-13-19(24(30)31)26-23-21(20)22(16-7-5-8-16)27-29(23)17-9-3-2-4-10-17/h2-4,9-10,13,16,18H,5-8,11-12,14-15H2,1H3,(H,30,31)/t18-,25-. The number of rotatable bonds is 5. The molecule has 0 atom stereocenters. The molecule has 0 bridgehead atoms. The van der Waals surface area contributed by atoms with Crippen LogP contribution in [-0.4, -0.2) is 56.0 Å². The zero-order valence-electron chi connectivity index (χ0n) is 18.3. The molecular formula is C25H28N4O3. The van der Waals surface area contributed by atoms with Crippen LogP contribution < -0.4 is 4.74 Å². The number of pyridine rings is 1. The molecule has 3 fully saturated rings. The van der Waals surface area contributed by atoms with Gasteiger partial charge in [-0.15, -0.1) is 0 Å². The molecule has 2 aromatic heterocycles. The molecule has 1 spiro atoms. The fraction of sp³-hybridized carbons (Fsp3) is 0.480. The normalized spacial score (nSPS) is 25.7. The number of likely N-dealkylation sites (tertiary alicyclic amines) is 1. The molecule has 1 aromatic carbocycles. The van der Waals surface area contributed by atoms with Crippen LogP contribution in [0.15, 0.2) is 36.4 Å². The van der Waals surface area contributed by atoms with E-state index in [2.05, 4.69) is 16.9 Å². The summed E-state index contributed by atoms with van der Waals surface area (Å²) >= 11 is 0. The van der Waals surface area contributed by atoms with Gasteiger partial charge in [0.1, 0.15) is 11.9 Å². The van der Waals surface area contributed by atoms with Crippen LogP contribution in [0.25, 0.3) is 16.7 Å². The number of hydrogen-bond acceptors (Lipinski definition) is 5. The van der Waals surface area contributed by atoms with E-state index in [4.69, 9.17) is 9.84 Å². The van der Waals surface area contributed by atoms with Crippen molar-refractivity contribution in [3.05, 3.63) is 47.8 Å². The molecule has 166 valence electrons. The van der Waals surface area contributed by atoms with Crippen molar-refractivity contribution in [2.24, 2.45) is 0 Å². The van der Waals surface area contributed by atoms with Crippen LogP contribution in [0.3, 0.4) is 0 Å². The van der Waals surface area contributed by atoms with Crippen LogP contribution in [-0.2, 0) is 0 Å². The zero-order valence-corrected chi connectivity index (χ0v) is 18.3. The fourth-order valence-corrected chi connectivity index (χ4v) is 5.67. The van der Waals surface area contributed by atoms with E-state index >= 15 is 0 Å². The van der Waals surface area contributed by atoms with Crippen molar-refractivity contribution < 1.29 is 14.6 Å². The van der Waals surface area contributed by atoms with Crippen LogP contribution in [0.4, 0.5) is 0 Å². The Balaban J connectivity index is 1.45. The summed E-state index contributed by atoms with van der Waals surface area (Å²) in [5, 5.41) is 15.6. The topological polar surface area (TPSA) is 80.5 Å². The minimum Gasteiger partial charge on any atom is -0.489 e. The van der Waals surface area contributed by atoms with E-state index < -0.39 is 5.97 Å². The highest BCUT2D eigenvalue weighted by atomic mass is 16.5. The second-order valence-electron chi connectivity index (χ2n) is 9.67. The van der Waals surface area contributed by atoms with Gasteiger partial charge in [-0.25, -0.2) is 14.5 Å². The summed E-state index contributed by atoms with van der Waals surface area (Å²) in [6.45, 7) is 1.14. The van der Waals surface area contributed by atoms with Crippen molar-refractivity contribution in [3.63, 3.8) is 0 Å². The number of fused-ring (bicyclic) bond motifs is 1. The molecule has 7 heteroatoms. The molecule has 1 aliphatic heterocycles. The lowest BCUT2D eigenvalue weighted by Crippen LogP contribution is -2.56. The number of ether oxygens (including phenoxy) is 1. The molecule has 3 aliphatic rings. The van der Waals surface area contributed by atoms with Crippen LogP contribution in [0.1, 0.15) is 67.0 Å². The smallest absolute Gasteiger partial charge is 0.354 e. The van der Waals surface area contributed by atoms with Gasteiger partial charge in [-0.05, 0) is 51.4 Å². The first kappa shape index (κ1) is 19.7. The Hall–Kier alpha value is -2.93. The van der Waals surface area contributed by atoms with Crippen molar-refractivity contribution in [1.29, 1.82) is 0 Å². The predicted molar refractivity (Wildman–Crippen MR) is 121 cm³/mol. The van der Waals surface area contributed by atoms with Crippen LogP contribution >= 0.6 is 0 Å². The number of nitrogens with zero attached hydrogens (tertiary/aromatic N) is 4. The summed E-state index contributed by atoms with van der Waals surface area (Å²) in [6, 6.07) is 11.4. The quantitative estimate of drug-likeness (QED) is 0.644. The number of carboxylic acid groups (broad SMARTS) is 1. The predicted octanol–water partition coefficient (Wildman–Crippen LogP) is 4.39. The van der Waals surface area contributed by atoms with Gasteiger partial charge in [0.2, 0.25) is 0 Å². The first-order valence-electron chi connectivity index (χ1n) is 11.6. The molecule has 3 aromatic rings. The van der Waals surface area contributed by atoms with Gasteiger partial charge in [0.05, 0.1) is 16.8 Å². The molecule has 1 saturated heterocycles. The zero-order chi connectivity index (χ0) is 21.9. The van der Waals surface area contributed by atoms with Gasteiger partial charge < -0.3 is 14.7 Å². The third-order valence-electron chi connectivity index (χ3n) is 7.79. The van der Waals surface area contributed by atoms with E-state index in [0.717, 1.165) is 49.0 Å². The molecule has 0 unspecified atom stereocenters. The first-order chi connectivity index (χ1) is 15.5. The first-order valence-corrected chi connectivity index (χ1v) is 11.6. The molecular weight excluding hydrogens is 404 g/mol. The number of carbonyl (C=O) groups is 1. The molecule has 0 radical (unpaired) electrons. The lowest BCUT2D eigenvalue weighted by molar-refractivity contribution is -0.0277. The third-order valence-corrected chi connectivity index (χ3v) is 7.79. The van der Waals surface area contributed by atoms with Gasteiger partial charge in [-0.2, -0.15) is 5.10 Å². The maximum absolute atomic E-state index is 11.9. The second kappa shape index (κ2) is 7.30. The maximum atomic E-state index is 11.9. The monoisotopic (exact) mass is 432 g/mol. The van der Waals surface area contributed by atoms with E-state index in [-0.39, 0.29) is 17.3 Å². The Morgan fingerprint density at radius 3 is 2.59 bits per heavy atom. The van der Waals surface area contributed by atoms with Crippen LogP contribution in [0.5, 0.6) is 5.75 Å². The van der Waals surface area contributed by atoms with Gasteiger partial charge in [0, 0.05) is 30.4 Å². The molecule has 0 amide bonds. The largest absolute Gasteiger partial charge is 0.489 e. The van der Waals surface area contributed by atoms with Gasteiger partial charge in [-0.1, -0.05) is 24.6 Å². The van der Waals surface area contributed by atoms with E-state index in [9.17, 15) is 9.90 Å². The molecule has 1 N–H and O–H groups in total. The molecule has 6 rings (SSSR count). The van der Waals surface area contributed by atoms with E-state index in [1.54, 1.807) is 10.7 Å². The van der Waals surface area contributed by atoms with E-state index in [0.29, 0.717) is 17.3 Å². The Labute approximate surface area is 187 Å². The molecule has 7 nitrogen and oxygen atoms in total. The highest BCUT2D eigenvalue weighted by Gasteiger charge is 2.50. The number of aromatic carboxylic acids is 1. The number of carboxylic acids is 1. The van der Waals surface area contributed by atoms with Gasteiger partial charge >= 0.3 is 5.97 Å². The second-order valence-corrected chi connectivity index (χ2v) is 9.67. The summed E-state index contributed by atoms with van der Waals surface area (Å²) in [4.78, 5) is 18.9. The van der Waals surface area contributed by atoms with E-state index in [1.165, 1.54) is 19.3 Å². The summed E-state index contributed by atoms with van der Waals surface area (Å²) in [7, 11) is 2.20. The molecule has 2 saturated carbocycles. The van der Waals surface area contributed by atoms with Crippen molar-refractivity contribution in [2.75, 3.05) is 13.6 Å². The Bertz CT molecular complexity index is 1180. The van der Waals surface area contributed by atoms with E-state index in [1.807, 2.05) is 30.3 Å². The van der Waals surface area contributed by atoms with Crippen molar-refractivity contribution in [3.8, 4) is 11.4 Å². The van der Waals surface area contributed by atoms with Crippen molar-refractivity contribution >= 4 is 17.0 Å². The fourth-order valence-electron chi connectivity index (χ4n) is 5.67. The molecule has 3 heterocycles. The summed E-state index contributed by atoms with van der Waals surface area (Å²) in [6.07, 6.45) is 7.91. The summed E-state index contributed by atoms with van der Waals surface area (Å²) in [5.74, 6) is -0.0590. The minimum absolute atomic E-state index is 0.00300. The average molecular weight is 433 g/mol. The summed E-state index contributed by atoms with van der Waals surface area (Å²) < 4.78 is 8.30. The lowest BCUT2D eigenvalue weighted by Gasteiger charge is -2.49. The SMILES string of the molecule is CN1CCC[C@]12C[C@@H](Oc1cc(C(=O)O)nc3c1c(C1CCC1)nn3-c1ccccc1)C2. The van der Waals surface area contributed by atoms with Gasteiger partial charge in [0.25, 0.3) is 0 Å². The van der Waals surface area contributed by atoms with Gasteiger partial charge in [-0.3, -0.25) is 0 Å². The summed E-state index contributed by atoms with van der Waals surface area (Å²) in [5.41, 5.74) is 2.69. The molecule has 32 heavy (non-hydrogen) atoms. The Kier molecular flexibility index (Phi) is 4.50. The van der Waals surface area contributed by atoms with Crippen LogP contribution in [0.2, 0.25) is 0 Å². The minimum atomic E-state index is -1.05. The third kappa shape index (κ3) is 3.02. The van der Waals surface area contributed by atoms with Crippen molar-refractivity contribution in [1.82, 2.24) is 19.7 Å². The number of aromatic nitrogens is 3. The van der Waals surface area contributed by atoms with Crippen molar-refractivity contribution in [2.45, 2.75) is 62.5 Å². The molecule has 2 aliphatic carbocycles. The Morgan fingerprint density at radius 2 is 1.97 bits per heavy atom.